The Morgan fingerprint density at radius 2 is 2.07 bits per heavy atom. The van der Waals surface area contributed by atoms with Crippen LogP contribution in [-0.4, -0.2) is 0 Å². The molecule has 1 aromatic rings. The largest absolute Gasteiger partial charge is 0.348 e. The Hall–Kier alpha value is -1.94. The fourth-order valence-corrected chi connectivity index (χ4v) is 2.00. The molecule has 0 radical (unpaired) electrons. The smallest absolute Gasteiger partial charge is 0.0933 e. The Morgan fingerprint density at radius 3 is 3.07 bits per heavy atom. The van der Waals surface area contributed by atoms with Crippen molar-refractivity contribution in [1.82, 2.24) is 0 Å². The lowest BCUT2D eigenvalue weighted by molar-refractivity contribution is 0.971. The van der Waals surface area contributed by atoms with Gasteiger partial charge in [-0.1, -0.05) is 23.9 Å². The second kappa shape index (κ2) is 3.33. The van der Waals surface area contributed by atoms with Crippen LogP contribution >= 0.6 is 0 Å². The highest BCUT2D eigenvalue weighted by Gasteiger charge is 2.14. The average molecular weight is 193 g/mol. The first-order chi connectivity index (χ1) is 7.43. The Bertz CT molecular complexity index is 536. The normalized spacial score (nSPS) is 16.8. The maximum atomic E-state index is 3.42. The van der Waals surface area contributed by atoms with Gasteiger partial charge >= 0.3 is 0 Å². The monoisotopic (exact) mass is 193 g/mol. The van der Waals surface area contributed by atoms with Crippen molar-refractivity contribution in [3.63, 3.8) is 0 Å². The van der Waals surface area contributed by atoms with Gasteiger partial charge in [0.25, 0.3) is 0 Å². The average Bonchev–Trinajstić information content (AvgIpc) is 2.48. The van der Waals surface area contributed by atoms with Gasteiger partial charge in [-0.15, -0.1) is 0 Å². The molecule has 72 valence electrons. The predicted octanol–water partition coefficient (Wildman–Crippen LogP) is 3.18. The minimum absolute atomic E-state index is 1.07. The number of anilines is 1. The summed E-state index contributed by atoms with van der Waals surface area (Å²) >= 11 is 0. The third kappa shape index (κ3) is 1.45. The van der Waals surface area contributed by atoms with E-state index in [1.807, 2.05) is 6.08 Å². The first-order valence-electron chi connectivity index (χ1n) is 5.20. The second-order valence-electron chi connectivity index (χ2n) is 3.79. The molecule has 15 heavy (non-hydrogen) atoms. The molecule has 0 fully saturated rings. The highest BCUT2D eigenvalue weighted by atomic mass is 14.9. The van der Waals surface area contributed by atoms with Crippen LogP contribution in [0.5, 0.6) is 0 Å². The molecule has 0 amide bonds. The molecule has 0 bridgehead atoms. The van der Waals surface area contributed by atoms with Gasteiger partial charge in [-0.05, 0) is 47.9 Å². The van der Waals surface area contributed by atoms with Gasteiger partial charge in [0.1, 0.15) is 0 Å². The minimum atomic E-state index is 1.07. The van der Waals surface area contributed by atoms with Gasteiger partial charge in [0.05, 0.1) is 5.70 Å². The number of aryl methyl sites for hydroxylation is 1. The molecular formula is C14H11N. The van der Waals surface area contributed by atoms with Crippen LogP contribution in [0.25, 0.3) is 0 Å². The van der Waals surface area contributed by atoms with Crippen LogP contribution < -0.4 is 5.32 Å². The summed E-state index contributed by atoms with van der Waals surface area (Å²) in [7, 11) is 0. The van der Waals surface area contributed by atoms with E-state index in [4.69, 9.17) is 0 Å². The summed E-state index contributed by atoms with van der Waals surface area (Å²) in [4.78, 5) is 0. The number of rotatable bonds is 0. The lowest BCUT2D eigenvalue weighted by Gasteiger charge is -2.08. The van der Waals surface area contributed by atoms with Crippen LogP contribution in [0, 0.1) is 0 Å². The van der Waals surface area contributed by atoms with Gasteiger partial charge in [0, 0.05) is 5.69 Å². The van der Waals surface area contributed by atoms with Crippen LogP contribution in [0.2, 0.25) is 0 Å². The molecule has 1 nitrogen and oxygen atoms in total. The first-order valence-corrected chi connectivity index (χ1v) is 5.20. The zero-order chi connectivity index (χ0) is 10.1. The molecule has 3 rings (SSSR count). The quantitative estimate of drug-likeness (QED) is 0.624. The molecule has 0 spiro atoms. The predicted molar refractivity (Wildman–Crippen MR) is 61.6 cm³/mol. The molecule has 2 aliphatic rings. The number of hydrogen-bond acceptors (Lipinski definition) is 1. The van der Waals surface area contributed by atoms with Gasteiger partial charge < -0.3 is 5.32 Å². The van der Waals surface area contributed by atoms with Gasteiger partial charge in [0.15, 0.2) is 0 Å². The van der Waals surface area contributed by atoms with Crippen LogP contribution in [0.15, 0.2) is 59.2 Å². The highest BCUT2D eigenvalue weighted by molar-refractivity contribution is 5.61. The number of hydrogen-bond donors (Lipinski definition) is 1. The molecule has 1 heterocycles. The van der Waals surface area contributed by atoms with Crippen molar-refractivity contribution < 1.29 is 0 Å². The van der Waals surface area contributed by atoms with Crippen molar-refractivity contribution in [1.29, 1.82) is 0 Å². The van der Waals surface area contributed by atoms with Crippen LogP contribution in [0.1, 0.15) is 12.0 Å². The zero-order valence-corrected chi connectivity index (χ0v) is 8.38. The number of nitrogens with one attached hydrogen (secondary N) is 1. The first kappa shape index (κ1) is 8.38. The summed E-state index contributed by atoms with van der Waals surface area (Å²) in [5, 5.41) is 3.42. The van der Waals surface area contributed by atoms with Crippen molar-refractivity contribution in [2.75, 3.05) is 5.32 Å². The number of para-hydroxylation sites is 1. The maximum Gasteiger partial charge on any atom is 0.0933 e. The third-order valence-electron chi connectivity index (χ3n) is 2.83. The van der Waals surface area contributed by atoms with E-state index in [9.17, 15) is 0 Å². The van der Waals surface area contributed by atoms with Crippen molar-refractivity contribution >= 4 is 5.69 Å². The fourth-order valence-electron chi connectivity index (χ4n) is 2.00. The van der Waals surface area contributed by atoms with Crippen molar-refractivity contribution in [2.24, 2.45) is 0 Å². The Kier molecular flexibility index (Phi) is 1.86. The molecule has 0 aromatic heterocycles. The summed E-state index contributed by atoms with van der Waals surface area (Å²) in [5.41, 5.74) is 11.1. The third-order valence-corrected chi connectivity index (χ3v) is 2.83. The van der Waals surface area contributed by atoms with E-state index in [2.05, 4.69) is 47.1 Å². The van der Waals surface area contributed by atoms with Crippen molar-refractivity contribution in [3.8, 4) is 0 Å². The fraction of sp³-hybridized carbons (Fsp3) is 0.143. The second-order valence-corrected chi connectivity index (χ2v) is 3.79. The van der Waals surface area contributed by atoms with Crippen LogP contribution in [0.4, 0.5) is 5.69 Å². The SMILES string of the molecule is C1=C=C2Nc3ccccc3CCC2=CC=1. The van der Waals surface area contributed by atoms with Gasteiger partial charge in [-0.2, -0.15) is 0 Å². The van der Waals surface area contributed by atoms with Gasteiger partial charge in [0.2, 0.25) is 0 Å². The Balaban J connectivity index is 2.12. The van der Waals surface area contributed by atoms with E-state index in [-0.39, 0.29) is 0 Å². The highest BCUT2D eigenvalue weighted by Crippen LogP contribution is 2.28. The van der Waals surface area contributed by atoms with Crippen LogP contribution in [-0.2, 0) is 6.42 Å². The van der Waals surface area contributed by atoms with Crippen LogP contribution in [0.3, 0.4) is 0 Å². The summed E-state index contributed by atoms with van der Waals surface area (Å²) in [5.74, 6) is 0. The molecule has 1 N–H and O–H groups in total. The molecule has 0 atom stereocenters. The number of fused-ring (bicyclic) bond motifs is 2. The van der Waals surface area contributed by atoms with E-state index in [1.54, 1.807) is 0 Å². The van der Waals surface area contributed by atoms with E-state index in [0.717, 1.165) is 18.5 Å². The van der Waals surface area contributed by atoms with E-state index >= 15 is 0 Å². The summed E-state index contributed by atoms with van der Waals surface area (Å²) in [6.45, 7) is 0. The molecule has 1 heteroatoms. The summed E-state index contributed by atoms with van der Waals surface area (Å²) in [6, 6.07) is 8.44. The molecule has 1 aliphatic heterocycles. The van der Waals surface area contributed by atoms with Gasteiger partial charge in [-0.3, -0.25) is 0 Å². The van der Waals surface area contributed by atoms with Gasteiger partial charge in [-0.25, -0.2) is 0 Å². The maximum absolute atomic E-state index is 3.42. The summed E-state index contributed by atoms with van der Waals surface area (Å²) < 4.78 is 0. The minimum Gasteiger partial charge on any atom is -0.348 e. The standard InChI is InChI=1S/C14H11N/c1-3-7-13-11(5-1)9-10-12-6-2-4-8-14(12)15-13/h1-3,5-7,15H,9-10H2. The zero-order valence-electron chi connectivity index (χ0n) is 8.38. The topological polar surface area (TPSA) is 12.0 Å². The number of allylic oxidation sites excluding steroid dienone is 3. The molecule has 1 aliphatic carbocycles. The number of benzene rings is 1. The molecule has 0 saturated heterocycles. The molecule has 0 unspecified atom stereocenters. The van der Waals surface area contributed by atoms with E-state index in [0.29, 0.717) is 0 Å². The molecular weight excluding hydrogens is 182 g/mol. The molecule has 0 saturated carbocycles. The summed E-state index contributed by atoms with van der Waals surface area (Å²) in [6.07, 6.45) is 6.21. The van der Waals surface area contributed by atoms with E-state index in [1.165, 1.54) is 16.8 Å². The Morgan fingerprint density at radius 1 is 1.13 bits per heavy atom. The van der Waals surface area contributed by atoms with Crippen molar-refractivity contribution in [2.45, 2.75) is 12.8 Å². The van der Waals surface area contributed by atoms with Crippen molar-refractivity contribution in [3.05, 3.63) is 64.7 Å². The molecule has 1 aromatic carbocycles. The van der Waals surface area contributed by atoms with E-state index < -0.39 is 0 Å². The Labute approximate surface area is 89.1 Å². The lowest BCUT2D eigenvalue weighted by atomic mass is 10.0. The lowest BCUT2D eigenvalue weighted by Crippen LogP contribution is -2.00.